The van der Waals surface area contributed by atoms with Crippen LogP contribution >= 0.6 is 24.2 Å². The summed E-state index contributed by atoms with van der Waals surface area (Å²) in [5, 5.41) is 9.02. The second-order valence-corrected chi connectivity index (χ2v) is 6.57. The second-order valence-electron chi connectivity index (χ2n) is 5.54. The minimum atomic E-state index is -0.154. The summed E-state index contributed by atoms with van der Waals surface area (Å²) in [6, 6.07) is 5.60. The van der Waals surface area contributed by atoms with Crippen molar-refractivity contribution in [3.8, 4) is 0 Å². The summed E-state index contributed by atoms with van der Waals surface area (Å²) in [5.41, 5.74) is 2.26. The van der Waals surface area contributed by atoms with Gasteiger partial charge in [0.15, 0.2) is 0 Å². The van der Waals surface area contributed by atoms with Crippen LogP contribution in [0.2, 0.25) is 0 Å². The normalized spacial score (nSPS) is 20.1. The van der Waals surface area contributed by atoms with Crippen molar-refractivity contribution in [2.45, 2.75) is 31.8 Å². The van der Waals surface area contributed by atoms with E-state index in [0.717, 1.165) is 30.0 Å². The molecule has 5 nitrogen and oxygen atoms in total. The molecule has 1 saturated carbocycles. The molecule has 1 aromatic carbocycles. The van der Waals surface area contributed by atoms with E-state index in [4.69, 9.17) is 0 Å². The zero-order valence-electron chi connectivity index (χ0n) is 12.3. The average molecular weight is 342 g/mol. The Morgan fingerprint density at radius 3 is 2.73 bits per heavy atom. The van der Waals surface area contributed by atoms with E-state index in [1.165, 1.54) is 0 Å². The molecule has 3 N–H and O–H groups in total. The maximum absolute atomic E-state index is 12.1. The van der Waals surface area contributed by atoms with Gasteiger partial charge in [0.1, 0.15) is 0 Å². The van der Waals surface area contributed by atoms with E-state index in [2.05, 4.69) is 16.0 Å². The van der Waals surface area contributed by atoms with Crippen molar-refractivity contribution in [1.29, 1.82) is 0 Å². The lowest BCUT2D eigenvalue weighted by molar-refractivity contribution is -0.117. The SMILES string of the molecule is Cc1ccc(C(=O)NC2CC2)cc1NC(=O)C1CSCN1.Cl. The van der Waals surface area contributed by atoms with Crippen molar-refractivity contribution in [2.24, 2.45) is 0 Å². The van der Waals surface area contributed by atoms with E-state index < -0.39 is 0 Å². The van der Waals surface area contributed by atoms with Crippen LogP contribution in [0.1, 0.15) is 28.8 Å². The number of carbonyl (C=O) groups is 2. The van der Waals surface area contributed by atoms with Crippen molar-refractivity contribution in [3.63, 3.8) is 0 Å². The Labute approximate surface area is 140 Å². The molecule has 1 aromatic rings. The van der Waals surface area contributed by atoms with Crippen LogP contribution < -0.4 is 16.0 Å². The van der Waals surface area contributed by atoms with Crippen molar-refractivity contribution >= 4 is 41.7 Å². The maximum Gasteiger partial charge on any atom is 0.251 e. The number of carbonyl (C=O) groups excluding carboxylic acids is 2. The van der Waals surface area contributed by atoms with Gasteiger partial charge in [0.25, 0.3) is 5.91 Å². The minimum Gasteiger partial charge on any atom is -0.349 e. The Morgan fingerprint density at radius 2 is 2.09 bits per heavy atom. The zero-order chi connectivity index (χ0) is 14.8. The molecule has 2 amide bonds. The van der Waals surface area contributed by atoms with Crippen LogP contribution in [-0.4, -0.2) is 35.5 Å². The highest BCUT2D eigenvalue weighted by atomic mass is 35.5. The first-order valence-corrected chi connectivity index (χ1v) is 8.32. The second kappa shape index (κ2) is 7.35. The number of benzene rings is 1. The molecule has 1 unspecified atom stereocenters. The van der Waals surface area contributed by atoms with Crippen LogP contribution in [0, 0.1) is 6.92 Å². The molecule has 1 aliphatic heterocycles. The van der Waals surface area contributed by atoms with Crippen LogP contribution in [0.3, 0.4) is 0 Å². The molecular formula is C15H20ClN3O2S. The Hall–Kier alpha value is -1.24. The van der Waals surface area contributed by atoms with Gasteiger partial charge in [0.2, 0.25) is 5.91 Å². The Balaban J connectivity index is 0.00000176. The quantitative estimate of drug-likeness (QED) is 0.782. The molecule has 1 aliphatic carbocycles. The van der Waals surface area contributed by atoms with Gasteiger partial charge in [0.05, 0.1) is 6.04 Å². The van der Waals surface area contributed by atoms with Crippen molar-refractivity contribution < 1.29 is 9.59 Å². The summed E-state index contributed by atoms with van der Waals surface area (Å²) < 4.78 is 0. The van der Waals surface area contributed by atoms with Gasteiger partial charge in [-0.2, -0.15) is 0 Å². The van der Waals surface area contributed by atoms with Gasteiger partial charge in [-0.15, -0.1) is 24.2 Å². The molecule has 0 radical (unpaired) electrons. The number of anilines is 1. The van der Waals surface area contributed by atoms with Gasteiger partial charge >= 0.3 is 0 Å². The first kappa shape index (κ1) is 17.1. The molecule has 3 rings (SSSR count). The molecule has 1 heterocycles. The molecule has 120 valence electrons. The first-order valence-electron chi connectivity index (χ1n) is 7.17. The first-order chi connectivity index (χ1) is 10.1. The van der Waals surface area contributed by atoms with Crippen LogP contribution in [0.4, 0.5) is 5.69 Å². The topological polar surface area (TPSA) is 70.2 Å². The van der Waals surface area contributed by atoms with E-state index in [-0.39, 0.29) is 30.3 Å². The molecule has 22 heavy (non-hydrogen) atoms. The summed E-state index contributed by atoms with van der Waals surface area (Å²) in [6.07, 6.45) is 2.12. The minimum absolute atomic E-state index is 0. The third-order valence-electron chi connectivity index (χ3n) is 3.70. The number of aryl methyl sites for hydroxylation is 1. The Morgan fingerprint density at radius 1 is 1.32 bits per heavy atom. The number of nitrogens with one attached hydrogen (secondary N) is 3. The summed E-state index contributed by atoms with van der Waals surface area (Å²) in [4.78, 5) is 24.2. The van der Waals surface area contributed by atoms with Gasteiger partial charge in [-0.25, -0.2) is 0 Å². The van der Waals surface area contributed by atoms with Gasteiger partial charge in [-0.1, -0.05) is 6.07 Å². The summed E-state index contributed by atoms with van der Waals surface area (Å²) in [6.45, 7) is 1.93. The fourth-order valence-corrected chi connectivity index (χ4v) is 3.12. The van der Waals surface area contributed by atoms with Crippen molar-refractivity contribution in [1.82, 2.24) is 10.6 Å². The highest BCUT2D eigenvalue weighted by molar-refractivity contribution is 7.99. The van der Waals surface area contributed by atoms with Crippen LogP contribution in [0.5, 0.6) is 0 Å². The molecule has 1 atom stereocenters. The van der Waals surface area contributed by atoms with E-state index in [0.29, 0.717) is 17.3 Å². The van der Waals surface area contributed by atoms with E-state index in [1.807, 2.05) is 13.0 Å². The zero-order valence-corrected chi connectivity index (χ0v) is 14.0. The molecule has 0 aromatic heterocycles. The number of halogens is 1. The van der Waals surface area contributed by atoms with Crippen LogP contribution in [0.25, 0.3) is 0 Å². The van der Waals surface area contributed by atoms with E-state index >= 15 is 0 Å². The van der Waals surface area contributed by atoms with Gasteiger partial charge in [0, 0.05) is 28.9 Å². The molecule has 1 saturated heterocycles. The van der Waals surface area contributed by atoms with Crippen LogP contribution in [0.15, 0.2) is 18.2 Å². The number of rotatable bonds is 4. The monoisotopic (exact) mass is 341 g/mol. The number of hydrogen-bond acceptors (Lipinski definition) is 4. The predicted molar refractivity (Wildman–Crippen MR) is 91.8 cm³/mol. The standard InChI is InChI=1S/C15H19N3O2S.ClH/c1-9-2-3-10(14(19)17-11-4-5-11)6-12(9)18-15(20)13-7-21-8-16-13;/h2-3,6,11,13,16H,4-5,7-8H2,1H3,(H,17,19)(H,18,20);1H. The smallest absolute Gasteiger partial charge is 0.251 e. The van der Waals surface area contributed by atoms with Crippen LogP contribution in [-0.2, 0) is 4.79 Å². The molecule has 2 aliphatic rings. The van der Waals surface area contributed by atoms with Crippen molar-refractivity contribution in [3.05, 3.63) is 29.3 Å². The third-order valence-corrected chi connectivity index (χ3v) is 4.64. The third kappa shape index (κ3) is 4.15. The number of hydrogen-bond donors (Lipinski definition) is 3. The largest absolute Gasteiger partial charge is 0.349 e. The molecule has 0 bridgehead atoms. The Bertz CT molecular complexity index is 572. The molecule has 7 heteroatoms. The van der Waals surface area contributed by atoms with Gasteiger partial charge in [-0.3, -0.25) is 14.9 Å². The Kier molecular flexibility index (Phi) is 5.72. The molecule has 2 fully saturated rings. The fraction of sp³-hybridized carbons (Fsp3) is 0.467. The molecule has 0 spiro atoms. The highest BCUT2D eigenvalue weighted by Crippen LogP contribution is 2.22. The summed E-state index contributed by atoms with van der Waals surface area (Å²) >= 11 is 1.71. The number of thioether (sulfide) groups is 1. The lowest BCUT2D eigenvalue weighted by Crippen LogP contribution is -2.37. The van der Waals surface area contributed by atoms with Gasteiger partial charge in [-0.05, 0) is 37.5 Å². The van der Waals surface area contributed by atoms with E-state index in [1.54, 1.807) is 23.9 Å². The lowest BCUT2D eigenvalue weighted by atomic mass is 10.1. The summed E-state index contributed by atoms with van der Waals surface area (Å²) in [7, 11) is 0. The number of amides is 2. The van der Waals surface area contributed by atoms with E-state index in [9.17, 15) is 9.59 Å². The molecular weight excluding hydrogens is 322 g/mol. The lowest BCUT2D eigenvalue weighted by Gasteiger charge is -2.13. The summed E-state index contributed by atoms with van der Waals surface area (Å²) in [5.74, 6) is 1.48. The van der Waals surface area contributed by atoms with Crippen molar-refractivity contribution in [2.75, 3.05) is 16.9 Å². The predicted octanol–water partition coefficient (Wildman–Crippen LogP) is 1.91. The highest BCUT2D eigenvalue weighted by Gasteiger charge is 2.25. The maximum atomic E-state index is 12.1. The average Bonchev–Trinajstić information content (AvgIpc) is 3.10. The van der Waals surface area contributed by atoms with Gasteiger partial charge < -0.3 is 10.6 Å². The fourth-order valence-electron chi connectivity index (χ4n) is 2.18.